The lowest BCUT2D eigenvalue weighted by Gasteiger charge is -2.03. The first kappa shape index (κ1) is 14.1. The summed E-state index contributed by atoms with van der Waals surface area (Å²) in [5, 5.41) is 6.60. The molecule has 0 aliphatic heterocycles. The number of ether oxygens (including phenoxy) is 1. The minimum absolute atomic E-state index is 0.219. The zero-order chi connectivity index (χ0) is 14.4. The van der Waals surface area contributed by atoms with Crippen molar-refractivity contribution >= 4 is 5.91 Å². The van der Waals surface area contributed by atoms with E-state index < -0.39 is 0 Å². The van der Waals surface area contributed by atoms with Crippen molar-refractivity contribution in [1.29, 1.82) is 0 Å². The van der Waals surface area contributed by atoms with Crippen LogP contribution in [0.2, 0.25) is 0 Å². The Morgan fingerprint density at radius 2 is 2.20 bits per heavy atom. The van der Waals surface area contributed by atoms with Crippen molar-refractivity contribution in [2.24, 2.45) is 0 Å². The summed E-state index contributed by atoms with van der Waals surface area (Å²) in [6.45, 7) is 2.72. The Labute approximate surface area is 117 Å². The van der Waals surface area contributed by atoms with Gasteiger partial charge < -0.3 is 14.6 Å². The molecular weight excluding hydrogens is 256 g/mol. The first-order chi connectivity index (χ1) is 9.76. The van der Waals surface area contributed by atoms with Crippen molar-refractivity contribution < 1.29 is 14.1 Å². The topological polar surface area (TPSA) is 64.4 Å². The number of carbonyl (C=O) groups excluding carboxylic acids is 1. The Bertz CT molecular complexity index is 578. The number of aromatic nitrogens is 1. The number of amides is 1. The molecule has 1 N–H and O–H groups in total. The summed E-state index contributed by atoms with van der Waals surface area (Å²) >= 11 is 0. The molecule has 5 heteroatoms. The van der Waals surface area contributed by atoms with Gasteiger partial charge in [-0.25, -0.2) is 0 Å². The quantitative estimate of drug-likeness (QED) is 0.823. The molecule has 0 aliphatic rings. The normalized spacial score (nSPS) is 10.3. The number of benzene rings is 1. The molecule has 0 saturated carbocycles. The van der Waals surface area contributed by atoms with E-state index in [0.29, 0.717) is 18.1 Å². The van der Waals surface area contributed by atoms with Crippen LogP contribution in [0, 0.1) is 0 Å². The molecule has 0 fully saturated rings. The molecule has 2 rings (SSSR count). The van der Waals surface area contributed by atoms with E-state index in [2.05, 4.69) is 17.4 Å². The standard InChI is InChI=1S/C15H18N2O3/c1-3-4-9-16-15(18)12-10-14(20-17-12)11-7-5-6-8-13(11)19-2/h5-8,10H,3-4,9H2,1-2H3,(H,16,18). The Kier molecular flexibility index (Phi) is 4.76. The van der Waals surface area contributed by atoms with Crippen molar-refractivity contribution in [1.82, 2.24) is 10.5 Å². The van der Waals surface area contributed by atoms with E-state index in [1.54, 1.807) is 13.2 Å². The molecule has 0 radical (unpaired) electrons. The molecular formula is C15H18N2O3. The Hall–Kier alpha value is -2.30. The molecule has 1 heterocycles. The van der Waals surface area contributed by atoms with Crippen molar-refractivity contribution in [3.63, 3.8) is 0 Å². The van der Waals surface area contributed by atoms with Crippen LogP contribution >= 0.6 is 0 Å². The van der Waals surface area contributed by atoms with Crippen molar-refractivity contribution in [3.05, 3.63) is 36.0 Å². The van der Waals surface area contributed by atoms with Gasteiger partial charge in [-0.15, -0.1) is 0 Å². The summed E-state index contributed by atoms with van der Waals surface area (Å²) in [4.78, 5) is 11.9. The van der Waals surface area contributed by atoms with Crippen molar-refractivity contribution in [2.45, 2.75) is 19.8 Å². The molecule has 0 aliphatic carbocycles. The van der Waals surface area contributed by atoms with Crippen LogP contribution in [0.25, 0.3) is 11.3 Å². The third kappa shape index (κ3) is 3.17. The molecule has 20 heavy (non-hydrogen) atoms. The molecule has 0 atom stereocenters. The lowest BCUT2D eigenvalue weighted by molar-refractivity contribution is 0.0944. The third-order valence-corrected chi connectivity index (χ3v) is 2.93. The maximum atomic E-state index is 11.9. The molecule has 0 unspecified atom stereocenters. The van der Waals surface area contributed by atoms with E-state index in [4.69, 9.17) is 9.26 Å². The van der Waals surface area contributed by atoms with Gasteiger partial charge in [-0.2, -0.15) is 0 Å². The number of carbonyl (C=O) groups is 1. The Morgan fingerprint density at radius 3 is 2.95 bits per heavy atom. The third-order valence-electron chi connectivity index (χ3n) is 2.93. The van der Waals surface area contributed by atoms with Gasteiger partial charge in [-0.05, 0) is 18.6 Å². The van der Waals surface area contributed by atoms with Gasteiger partial charge in [0, 0.05) is 12.6 Å². The van der Waals surface area contributed by atoms with Crippen LogP contribution in [0.1, 0.15) is 30.3 Å². The summed E-state index contributed by atoms with van der Waals surface area (Å²) in [5.74, 6) is 0.980. The second-order valence-corrected chi connectivity index (χ2v) is 4.39. The Morgan fingerprint density at radius 1 is 1.40 bits per heavy atom. The Balaban J connectivity index is 2.14. The van der Waals surface area contributed by atoms with Crippen LogP contribution in [-0.4, -0.2) is 24.7 Å². The largest absolute Gasteiger partial charge is 0.496 e. The molecule has 106 valence electrons. The molecule has 1 aromatic heterocycles. The summed E-state index contributed by atoms with van der Waals surface area (Å²) in [6.07, 6.45) is 1.98. The summed E-state index contributed by atoms with van der Waals surface area (Å²) in [6, 6.07) is 9.06. The van der Waals surface area contributed by atoms with Gasteiger partial charge in [-0.1, -0.05) is 30.6 Å². The van der Waals surface area contributed by atoms with Crippen LogP contribution in [0.3, 0.4) is 0 Å². The number of hydrogen-bond donors (Lipinski definition) is 1. The highest BCUT2D eigenvalue weighted by atomic mass is 16.5. The number of para-hydroxylation sites is 1. The van der Waals surface area contributed by atoms with E-state index in [9.17, 15) is 4.79 Å². The predicted octanol–water partition coefficient (Wildman–Crippen LogP) is 2.88. The fourth-order valence-electron chi connectivity index (χ4n) is 1.83. The summed E-state index contributed by atoms with van der Waals surface area (Å²) in [7, 11) is 1.59. The average molecular weight is 274 g/mol. The van der Waals surface area contributed by atoms with Gasteiger partial charge in [0.1, 0.15) is 5.75 Å². The highest BCUT2D eigenvalue weighted by molar-refractivity contribution is 5.93. The van der Waals surface area contributed by atoms with E-state index in [-0.39, 0.29) is 11.6 Å². The fourth-order valence-corrected chi connectivity index (χ4v) is 1.83. The fraction of sp³-hybridized carbons (Fsp3) is 0.333. The molecule has 1 amide bonds. The monoisotopic (exact) mass is 274 g/mol. The van der Waals surface area contributed by atoms with E-state index in [1.165, 1.54) is 0 Å². The predicted molar refractivity (Wildman–Crippen MR) is 75.7 cm³/mol. The highest BCUT2D eigenvalue weighted by Crippen LogP contribution is 2.29. The molecule has 2 aromatic rings. The minimum Gasteiger partial charge on any atom is -0.496 e. The number of hydrogen-bond acceptors (Lipinski definition) is 4. The molecule has 0 bridgehead atoms. The van der Waals surface area contributed by atoms with Crippen LogP contribution < -0.4 is 10.1 Å². The van der Waals surface area contributed by atoms with Gasteiger partial charge in [0.15, 0.2) is 11.5 Å². The first-order valence-corrected chi connectivity index (χ1v) is 6.64. The highest BCUT2D eigenvalue weighted by Gasteiger charge is 2.15. The lowest BCUT2D eigenvalue weighted by atomic mass is 10.1. The van der Waals surface area contributed by atoms with Gasteiger partial charge in [0.05, 0.1) is 12.7 Å². The van der Waals surface area contributed by atoms with Crippen molar-refractivity contribution in [3.8, 4) is 17.1 Å². The maximum absolute atomic E-state index is 11.9. The molecule has 0 saturated heterocycles. The van der Waals surface area contributed by atoms with Gasteiger partial charge in [0.25, 0.3) is 5.91 Å². The van der Waals surface area contributed by atoms with Crippen LogP contribution in [0.15, 0.2) is 34.9 Å². The second-order valence-electron chi connectivity index (χ2n) is 4.39. The smallest absolute Gasteiger partial charge is 0.273 e. The molecule has 1 aromatic carbocycles. The zero-order valence-electron chi connectivity index (χ0n) is 11.7. The first-order valence-electron chi connectivity index (χ1n) is 6.64. The molecule has 0 spiro atoms. The van der Waals surface area contributed by atoms with E-state index >= 15 is 0 Å². The zero-order valence-corrected chi connectivity index (χ0v) is 11.7. The average Bonchev–Trinajstić information content (AvgIpc) is 2.97. The summed E-state index contributed by atoms with van der Waals surface area (Å²) in [5.41, 5.74) is 1.05. The number of unbranched alkanes of at least 4 members (excludes halogenated alkanes) is 1. The lowest BCUT2D eigenvalue weighted by Crippen LogP contribution is -2.24. The van der Waals surface area contributed by atoms with Crippen molar-refractivity contribution in [2.75, 3.05) is 13.7 Å². The minimum atomic E-state index is -0.219. The van der Waals surface area contributed by atoms with Gasteiger partial charge in [0.2, 0.25) is 0 Å². The van der Waals surface area contributed by atoms with E-state index in [1.807, 2.05) is 24.3 Å². The second kappa shape index (κ2) is 6.75. The molecule has 5 nitrogen and oxygen atoms in total. The van der Waals surface area contributed by atoms with Gasteiger partial charge in [-0.3, -0.25) is 4.79 Å². The van der Waals surface area contributed by atoms with E-state index in [0.717, 1.165) is 18.4 Å². The number of nitrogens with one attached hydrogen (secondary N) is 1. The van der Waals surface area contributed by atoms with Crippen LogP contribution in [-0.2, 0) is 0 Å². The SMILES string of the molecule is CCCCNC(=O)c1cc(-c2ccccc2OC)on1. The van der Waals surface area contributed by atoms with Crippen LogP contribution in [0.4, 0.5) is 0 Å². The summed E-state index contributed by atoms with van der Waals surface area (Å²) < 4.78 is 10.5. The van der Waals surface area contributed by atoms with Gasteiger partial charge >= 0.3 is 0 Å². The number of nitrogens with zero attached hydrogens (tertiary/aromatic N) is 1. The number of rotatable bonds is 6. The maximum Gasteiger partial charge on any atom is 0.273 e. The number of methoxy groups -OCH3 is 1. The van der Waals surface area contributed by atoms with Crippen LogP contribution in [0.5, 0.6) is 5.75 Å².